The minimum Gasteiger partial charge on any atom is -0.310 e. The second-order valence-electron chi connectivity index (χ2n) is 12.4. The van der Waals surface area contributed by atoms with Crippen LogP contribution < -0.4 is 15.5 Å². The van der Waals surface area contributed by atoms with Gasteiger partial charge in [-0.2, -0.15) is 0 Å². The molecule has 3 aromatic heterocycles. The Morgan fingerprint density at radius 2 is 1.25 bits per heavy atom. The molecule has 0 amide bonds. The molecule has 0 spiro atoms. The Hall–Kier alpha value is -6.32. The third-order valence-corrected chi connectivity index (χ3v) is 9.67. The Morgan fingerprint density at radius 1 is 0.562 bits per heavy atom. The molecule has 9 aromatic rings. The van der Waals surface area contributed by atoms with Gasteiger partial charge >= 0.3 is 0 Å². The van der Waals surface area contributed by atoms with Crippen LogP contribution in [0, 0.1) is 6.92 Å². The summed E-state index contributed by atoms with van der Waals surface area (Å²) in [5.41, 5.74) is 10.3. The van der Waals surface area contributed by atoms with E-state index in [0.717, 1.165) is 44.2 Å². The van der Waals surface area contributed by atoms with Gasteiger partial charge in [-0.15, -0.1) is 0 Å². The van der Waals surface area contributed by atoms with Crippen molar-refractivity contribution < 1.29 is 0 Å². The molecule has 48 heavy (non-hydrogen) atoms. The first-order chi connectivity index (χ1) is 23.6. The van der Waals surface area contributed by atoms with Crippen molar-refractivity contribution in [2.45, 2.75) is 6.92 Å². The van der Waals surface area contributed by atoms with Crippen LogP contribution in [0.2, 0.25) is 0 Å². The normalized spacial score (nSPS) is 12.1. The maximum Gasteiger partial charge on any atom is 0.0562 e. The lowest BCUT2D eigenvalue weighted by atomic mass is 10.1. The second kappa shape index (κ2) is 10.9. The summed E-state index contributed by atoms with van der Waals surface area (Å²) in [6.45, 7) is 10.9. The van der Waals surface area contributed by atoms with E-state index in [0.29, 0.717) is 0 Å². The highest BCUT2D eigenvalue weighted by Crippen LogP contribution is 2.38. The number of benzene rings is 6. The van der Waals surface area contributed by atoms with Crippen LogP contribution in [0.5, 0.6) is 0 Å². The number of nitrogens with zero attached hydrogens (tertiary/aromatic N) is 3. The van der Waals surface area contributed by atoms with Crippen molar-refractivity contribution >= 4 is 78.7 Å². The third kappa shape index (κ3) is 4.14. The molecular weight excluding hydrogens is 583 g/mol. The molecule has 0 aliphatic heterocycles. The van der Waals surface area contributed by atoms with Crippen molar-refractivity contribution in [3.05, 3.63) is 174 Å². The maximum atomic E-state index is 4.62. The predicted molar refractivity (Wildman–Crippen MR) is 206 cm³/mol. The fraction of sp³-hybridized carbons (Fsp3) is 0.0222. The van der Waals surface area contributed by atoms with Crippen molar-refractivity contribution in [3.8, 4) is 5.69 Å². The van der Waals surface area contributed by atoms with Crippen LogP contribution in [0.3, 0.4) is 0 Å². The Labute approximate surface area is 278 Å². The summed E-state index contributed by atoms with van der Waals surface area (Å²) in [6, 6.07) is 52.4. The van der Waals surface area contributed by atoms with Gasteiger partial charge in [0.1, 0.15) is 0 Å². The lowest BCUT2D eigenvalue weighted by Crippen LogP contribution is -2.27. The minimum absolute atomic E-state index is 0.987. The number of rotatable bonds is 5. The molecule has 0 aliphatic rings. The second-order valence-corrected chi connectivity index (χ2v) is 12.4. The van der Waals surface area contributed by atoms with E-state index in [2.05, 4.69) is 186 Å². The van der Waals surface area contributed by atoms with Crippen LogP contribution in [0.25, 0.3) is 67.3 Å². The summed E-state index contributed by atoms with van der Waals surface area (Å²) < 4.78 is 4.76. The van der Waals surface area contributed by atoms with Gasteiger partial charge in [0.15, 0.2) is 0 Å². The molecule has 0 aliphatic carbocycles. The number of para-hydroxylation sites is 3. The molecule has 0 saturated carbocycles. The highest BCUT2D eigenvalue weighted by atomic mass is 15.1. The summed E-state index contributed by atoms with van der Waals surface area (Å²) in [5.74, 6) is 0. The molecule has 0 N–H and O–H groups in total. The summed E-state index contributed by atoms with van der Waals surface area (Å²) in [4.78, 5) is 2.34. The summed E-state index contributed by atoms with van der Waals surface area (Å²) in [5, 5.41) is 8.10. The van der Waals surface area contributed by atoms with E-state index >= 15 is 0 Å². The van der Waals surface area contributed by atoms with Gasteiger partial charge in [-0.25, -0.2) is 0 Å². The Kier molecular flexibility index (Phi) is 6.34. The first-order valence-electron chi connectivity index (χ1n) is 16.3. The molecule has 0 fully saturated rings. The largest absolute Gasteiger partial charge is 0.310 e. The summed E-state index contributed by atoms with van der Waals surface area (Å²) in [7, 11) is 0. The van der Waals surface area contributed by atoms with Gasteiger partial charge in [0.2, 0.25) is 0 Å². The average Bonchev–Trinajstić information content (AvgIpc) is 3.64. The average molecular weight is 616 g/mol. The zero-order valence-electron chi connectivity index (χ0n) is 26.8. The lowest BCUT2D eigenvalue weighted by Gasteiger charge is -2.27. The van der Waals surface area contributed by atoms with Crippen LogP contribution in [0.4, 0.5) is 17.1 Å². The van der Waals surface area contributed by atoms with E-state index in [-0.39, 0.29) is 0 Å². The molecule has 0 bridgehead atoms. The fourth-order valence-electron chi connectivity index (χ4n) is 7.52. The van der Waals surface area contributed by atoms with Crippen LogP contribution in [-0.2, 0) is 0 Å². The van der Waals surface area contributed by atoms with Gasteiger partial charge in [-0.1, -0.05) is 104 Å². The molecule has 0 unspecified atom stereocenters. The molecule has 3 heteroatoms. The number of pyridine rings is 1. The van der Waals surface area contributed by atoms with Gasteiger partial charge < -0.3 is 13.9 Å². The van der Waals surface area contributed by atoms with Crippen LogP contribution in [0.15, 0.2) is 158 Å². The van der Waals surface area contributed by atoms with E-state index < -0.39 is 0 Å². The topological polar surface area (TPSA) is 12.6 Å². The zero-order chi connectivity index (χ0) is 32.4. The SMILES string of the molecule is C=C/C=c1\c(=C)c2cc3cc4c5ccccc5c5ccccc5n4c3cc2n1-c1cccc(N(c2ccccc2)c2ccccc2C)c1. The molecular formula is C45H33N3. The highest BCUT2D eigenvalue weighted by molar-refractivity contribution is 6.16. The fourth-order valence-corrected chi connectivity index (χ4v) is 7.52. The third-order valence-electron chi connectivity index (χ3n) is 9.67. The van der Waals surface area contributed by atoms with Gasteiger partial charge in [-0.05, 0) is 84.6 Å². The lowest BCUT2D eigenvalue weighted by molar-refractivity contribution is 1.07. The van der Waals surface area contributed by atoms with E-state index in [9.17, 15) is 0 Å². The van der Waals surface area contributed by atoms with Crippen LogP contribution in [0.1, 0.15) is 5.56 Å². The van der Waals surface area contributed by atoms with Crippen LogP contribution >= 0.6 is 0 Å². The minimum atomic E-state index is 0.987. The molecule has 0 radical (unpaired) electrons. The summed E-state index contributed by atoms with van der Waals surface area (Å²) in [6.07, 6.45) is 3.93. The van der Waals surface area contributed by atoms with Crippen molar-refractivity contribution in [3.63, 3.8) is 0 Å². The van der Waals surface area contributed by atoms with E-state index in [1.54, 1.807) is 0 Å². The van der Waals surface area contributed by atoms with Gasteiger partial charge in [0.25, 0.3) is 0 Å². The van der Waals surface area contributed by atoms with Crippen molar-refractivity contribution in [2.24, 2.45) is 0 Å². The smallest absolute Gasteiger partial charge is 0.0562 e. The van der Waals surface area contributed by atoms with E-state index in [1.807, 2.05) is 6.08 Å². The number of hydrogen-bond acceptors (Lipinski definition) is 1. The van der Waals surface area contributed by atoms with Gasteiger partial charge in [0.05, 0.1) is 27.4 Å². The first-order valence-corrected chi connectivity index (χ1v) is 16.3. The van der Waals surface area contributed by atoms with E-state index in [1.165, 1.54) is 43.7 Å². The first kappa shape index (κ1) is 27.9. The molecule has 9 rings (SSSR count). The van der Waals surface area contributed by atoms with E-state index in [4.69, 9.17) is 0 Å². The van der Waals surface area contributed by atoms with Crippen molar-refractivity contribution in [1.82, 2.24) is 8.97 Å². The monoisotopic (exact) mass is 615 g/mol. The standard InChI is InChI=1S/C45H33N3/c1-4-15-41-31(3)39-26-32-27-44-38-23-10-9-21-36(38)37-22-11-13-25-42(37)48(44)43(32)29-45(39)47(41)35-20-14-19-34(28-35)46(33-17-6-5-7-18-33)40-24-12-8-16-30(40)2/h4-29H,1,3H2,2H3/b41-15+. The number of aromatic nitrogens is 2. The number of hydrogen-bond donors (Lipinski definition) is 0. The maximum absolute atomic E-state index is 4.62. The molecule has 228 valence electrons. The number of fused-ring (bicyclic) bond motifs is 9. The van der Waals surface area contributed by atoms with Crippen molar-refractivity contribution in [1.29, 1.82) is 0 Å². The Morgan fingerprint density at radius 3 is 2.04 bits per heavy atom. The zero-order valence-corrected chi connectivity index (χ0v) is 26.8. The van der Waals surface area contributed by atoms with Crippen molar-refractivity contribution in [2.75, 3.05) is 4.90 Å². The number of anilines is 3. The molecule has 6 aromatic carbocycles. The highest BCUT2D eigenvalue weighted by Gasteiger charge is 2.18. The predicted octanol–water partition coefficient (Wildman–Crippen LogP) is 10.5. The number of allylic oxidation sites excluding steroid dienone is 1. The molecule has 0 atom stereocenters. The molecule has 3 heterocycles. The molecule has 3 nitrogen and oxygen atoms in total. The van der Waals surface area contributed by atoms with Gasteiger partial charge in [0, 0.05) is 49.5 Å². The van der Waals surface area contributed by atoms with Gasteiger partial charge in [-0.3, -0.25) is 0 Å². The number of aryl methyl sites for hydroxylation is 1. The Bertz CT molecular complexity index is 2840. The summed E-state index contributed by atoms with van der Waals surface area (Å²) >= 11 is 0. The van der Waals surface area contributed by atoms with Crippen LogP contribution in [-0.4, -0.2) is 8.97 Å². The quantitative estimate of drug-likeness (QED) is 0.176. The Balaban J connectivity index is 1.35. The molecule has 0 saturated heterocycles.